The van der Waals surface area contributed by atoms with E-state index < -0.39 is 0 Å². The molecule has 1 unspecified atom stereocenters. The fourth-order valence-electron chi connectivity index (χ4n) is 2.58. The topological polar surface area (TPSA) is 12.9 Å². The van der Waals surface area contributed by atoms with Crippen LogP contribution in [0.5, 0.6) is 0 Å². The lowest BCUT2D eigenvalue weighted by Gasteiger charge is -2.23. The van der Waals surface area contributed by atoms with Crippen LogP contribution in [-0.2, 0) is 0 Å². The minimum atomic E-state index is 0.0184. The second-order valence-corrected chi connectivity index (χ2v) is 9.79. The molecule has 1 aromatic heterocycles. The summed E-state index contributed by atoms with van der Waals surface area (Å²) in [6.45, 7) is 12.9. The van der Waals surface area contributed by atoms with Crippen LogP contribution in [0.2, 0.25) is 0 Å². The van der Waals surface area contributed by atoms with E-state index in [4.69, 9.17) is 4.98 Å². The van der Waals surface area contributed by atoms with Gasteiger partial charge in [0.2, 0.25) is 0 Å². The lowest BCUT2D eigenvalue weighted by molar-refractivity contribution is 0.705. The van der Waals surface area contributed by atoms with E-state index in [1.54, 1.807) is 11.3 Å². The van der Waals surface area contributed by atoms with Crippen LogP contribution in [0.1, 0.15) is 53.4 Å². The van der Waals surface area contributed by atoms with Crippen LogP contribution in [-0.4, -0.2) is 9.73 Å². The van der Waals surface area contributed by atoms with Gasteiger partial charge < -0.3 is 0 Å². The second-order valence-electron chi connectivity index (χ2n) is 6.98. The SMILES string of the molecule is C=CC(C)(CC/C=C(\C)CCC=C(C)C)Sc1nc2ccccc2s1. The van der Waals surface area contributed by atoms with Crippen molar-refractivity contribution in [2.45, 2.75) is 62.5 Å². The lowest BCUT2D eigenvalue weighted by atomic mass is 10.0. The van der Waals surface area contributed by atoms with Crippen molar-refractivity contribution < 1.29 is 0 Å². The highest BCUT2D eigenvalue weighted by atomic mass is 32.2. The van der Waals surface area contributed by atoms with Gasteiger partial charge in [0.25, 0.3) is 0 Å². The molecule has 0 radical (unpaired) electrons. The molecular formula is C22H29NS2. The van der Waals surface area contributed by atoms with Gasteiger partial charge in [0.15, 0.2) is 4.34 Å². The van der Waals surface area contributed by atoms with Gasteiger partial charge in [-0.2, -0.15) is 0 Å². The van der Waals surface area contributed by atoms with Crippen molar-refractivity contribution in [3.05, 3.63) is 60.2 Å². The molecule has 0 fully saturated rings. The maximum absolute atomic E-state index is 4.76. The Hall–Kier alpha value is -1.32. The van der Waals surface area contributed by atoms with E-state index in [1.807, 2.05) is 17.8 Å². The normalized spacial score (nSPS) is 14.3. The molecular weight excluding hydrogens is 342 g/mol. The number of hydrogen-bond donors (Lipinski definition) is 0. The van der Waals surface area contributed by atoms with Gasteiger partial charge in [-0.3, -0.25) is 0 Å². The summed E-state index contributed by atoms with van der Waals surface area (Å²) < 4.78 is 2.41. The first-order valence-electron chi connectivity index (χ1n) is 8.89. The summed E-state index contributed by atoms with van der Waals surface area (Å²) in [4.78, 5) is 4.76. The molecule has 25 heavy (non-hydrogen) atoms. The number of thioether (sulfide) groups is 1. The van der Waals surface area contributed by atoms with E-state index in [0.29, 0.717) is 0 Å². The van der Waals surface area contributed by atoms with Gasteiger partial charge in [0, 0.05) is 4.75 Å². The molecule has 0 saturated heterocycles. The summed E-state index contributed by atoms with van der Waals surface area (Å²) in [5.74, 6) is 0. The standard InChI is InChI=1S/C22H29NS2/c1-6-22(5,16-10-13-18(4)12-9-11-17(2)3)25-21-23-19-14-7-8-15-20(19)24-21/h6-8,11,13-15H,1,9-10,12,16H2,2-5H3/b18-13+. The fraction of sp³-hybridized carbons (Fsp3) is 0.409. The molecule has 2 rings (SSSR count). The van der Waals surface area contributed by atoms with E-state index in [9.17, 15) is 0 Å². The number of thiazole rings is 1. The van der Waals surface area contributed by atoms with Crippen molar-refractivity contribution >= 4 is 33.3 Å². The molecule has 0 aliphatic heterocycles. The minimum absolute atomic E-state index is 0.0184. The zero-order valence-electron chi connectivity index (χ0n) is 15.8. The van der Waals surface area contributed by atoms with Crippen LogP contribution >= 0.6 is 23.1 Å². The molecule has 0 aliphatic rings. The Morgan fingerprint density at radius 1 is 1.20 bits per heavy atom. The molecule has 3 heteroatoms. The highest BCUT2D eigenvalue weighted by Gasteiger charge is 2.23. The maximum atomic E-state index is 4.76. The summed E-state index contributed by atoms with van der Waals surface area (Å²) in [6, 6.07) is 8.34. The second kappa shape index (κ2) is 9.40. The van der Waals surface area contributed by atoms with Gasteiger partial charge in [0.1, 0.15) is 0 Å². The van der Waals surface area contributed by atoms with Crippen molar-refractivity contribution in [3.8, 4) is 0 Å². The maximum Gasteiger partial charge on any atom is 0.151 e. The predicted molar refractivity (Wildman–Crippen MR) is 116 cm³/mol. The molecule has 1 atom stereocenters. The molecule has 1 heterocycles. The van der Waals surface area contributed by atoms with E-state index in [1.165, 1.54) is 15.8 Å². The van der Waals surface area contributed by atoms with E-state index in [0.717, 1.165) is 35.5 Å². The van der Waals surface area contributed by atoms with Gasteiger partial charge >= 0.3 is 0 Å². The number of benzene rings is 1. The highest BCUT2D eigenvalue weighted by molar-refractivity contribution is 8.02. The lowest BCUT2D eigenvalue weighted by Crippen LogP contribution is -2.15. The predicted octanol–water partition coefficient (Wildman–Crippen LogP) is 7.81. The summed E-state index contributed by atoms with van der Waals surface area (Å²) in [5, 5.41) is 0. The molecule has 0 N–H and O–H groups in total. The molecule has 134 valence electrons. The third-order valence-electron chi connectivity index (χ3n) is 4.25. The number of rotatable bonds is 9. The first-order valence-corrected chi connectivity index (χ1v) is 10.5. The number of aromatic nitrogens is 1. The summed E-state index contributed by atoms with van der Waals surface area (Å²) >= 11 is 3.62. The molecule has 0 aliphatic carbocycles. The van der Waals surface area contributed by atoms with Gasteiger partial charge in [0.05, 0.1) is 10.2 Å². The molecule has 1 nitrogen and oxygen atoms in total. The fourth-order valence-corrected chi connectivity index (χ4v) is 5.13. The Balaban J connectivity index is 1.93. The Morgan fingerprint density at radius 3 is 2.64 bits per heavy atom. The van der Waals surface area contributed by atoms with Gasteiger partial charge in [-0.1, -0.05) is 53.3 Å². The average molecular weight is 372 g/mol. The van der Waals surface area contributed by atoms with Crippen LogP contribution in [0.3, 0.4) is 0 Å². The zero-order valence-corrected chi connectivity index (χ0v) is 17.5. The average Bonchev–Trinajstić information content (AvgIpc) is 2.96. The number of fused-ring (bicyclic) bond motifs is 1. The molecule has 0 spiro atoms. The summed E-state index contributed by atoms with van der Waals surface area (Å²) in [5.41, 5.74) is 3.98. The Kier molecular flexibility index (Phi) is 7.52. The van der Waals surface area contributed by atoms with Crippen molar-refractivity contribution in [3.63, 3.8) is 0 Å². The number of para-hydroxylation sites is 1. The molecule has 0 bridgehead atoms. The monoisotopic (exact) mass is 371 g/mol. The van der Waals surface area contributed by atoms with Crippen LogP contribution in [0, 0.1) is 0 Å². The van der Waals surface area contributed by atoms with Gasteiger partial charge in [-0.15, -0.1) is 17.9 Å². The molecule has 0 amide bonds. The van der Waals surface area contributed by atoms with Crippen LogP contribution in [0.4, 0.5) is 0 Å². The first kappa shape index (κ1) is 20.0. The zero-order chi connectivity index (χ0) is 18.3. The highest BCUT2D eigenvalue weighted by Crippen LogP contribution is 2.40. The Morgan fingerprint density at radius 2 is 1.96 bits per heavy atom. The Bertz CT molecular complexity index is 732. The van der Waals surface area contributed by atoms with Gasteiger partial charge in [-0.25, -0.2) is 4.98 Å². The van der Waals surface area contributed by atoms with Gasteiger partial charge in [-0.05, 0) is 65.5 Å². The van der Waals surface area contributed by atoms with Crippen LogP contribution < -0.4 is 0 Å². The Labute approximate surface area is 161 Å². The van der Waals surface area contributed by atoms with Crippen LogP contribution in [0.15, 0.2) is 64.6 Å². The smallest absolute Gasteiger partial charge is 0.151 e. The van der Waals surface area contributed by atoms with Crippen LogP contribution in [0.25, 0.3) is 10.2 Å². The molecule has 2 aromatic rings. The number of nitrogens with zero attached hydrogens (tertiary/aromatic N) is 1. The minimum Gasteiger partial charge on any atom is -0.230 e. The molecule has 1 aromatic carbocycles. The van der Waals surface area contributed by atoms with E-state index in [-0.39, 0.29) is 4.75 Å². The summed E-state index contributed by atoms with van der Waals surface area (Å²) in [6.07, 6.45) is 11.2. The van der Waals surface area contributed by atoms with Crippen molar-refractivity contribution in [2.75, 3.05) is 0 Å². The van der Waals surface area contributed by atoms with Crippen molar-refractivity contribution in [1.82, 2.24) is 4.98 Å². The van der Waals surface area contributed by atoms with E-state index >= 15 is 0 Å². The van der Waals surface area contributed by atoms with Crippen molar-refractivity contribution in [1.29, 1.82) is 0 Å². The van der Waals surface area contributed by atoms with E-state index in [2.05, 4.69) is 70.7 Å². The first-order chi connectivity index (χ1) is 11.9. The quantitative estimate of drug-likeness (QED) is 0.329. The third-order valence-corrected chi connectivity index (χ3v) is 6.69. The third kappa shape index (κ3) is 6.48. The number of hydrogen-bond acceptors (Lipinski definition) is 3. The number of allylic oxidation sites excluding steroid dienone is 4. The largest absolute Gasteiger partial charge is 0.230 e. The molecule has 0 saturated carbocycles. The van der Waals surface area contributed by atoms with Crippen molar-refractivity contribution in [2.24, 2.45) is 0 Å². The summed E-state index contributed by atoms with van der Waals surface area (Å²) in [7, 11) is 0.